The predicted octanol–water partition coefficient (Wildman–Crippen LogP) is 8.30. The second-order valence-corrected chi connectivity index (χ2v) is 11.6. The molecule has 0 aliphatic heterocycles. The van der Waals surface area contributed by atoms with Crippen molar-refractivity contribution in [1.29, 1.82) is 0 Å². The number of carbonyl (C=O) groups excluding carboxylic acids is 1. The van der Waals surface area contributed by atoms with Crippen molar-refractivity contribution in [2.24, 2.45) is 34.5 Å². The van der Waals surface area contributed by atoms with Gasteiger partial charge in [-0.05, 0) is 113 Å². The van der Waals surface area contributed by atoms with Crippen molar-refractivity contribution in [1.82, 2.24) is 0 Å². The minimum atomic E-state index is 0.258. The van der Waals surface area contributed by atoms with Gasteiger partial charge < -0.3 is 4.79 Å². The van der Waals surface area contributed by atoms with Crippen LogP contribution in [0.15, 0.2) is 22.8 Å². The highest BCUT2D eigenvalue weighted by Crippen LogP contribution is 2.64. The molecule has 3 rings (SSSR count). The van der Waals surface area contributed by atoms with E-state index in [1.807, 2.05) is 5.57 Å². The molecule has 0 amide bonds. The summed E-state index contributed by atoms with van der Waals surface area (Å²) in [5, 5.41) is 0. The average molecular weight is 399 g/mol. The Morgan fingerprint density at radius 1 is 1.14 bits per heavy atom. The normalized spacial score (nSPS) is 37.7. The molecule has 6 unspecified atom stereocenters. The number of fused-ring (bicyclic) bond motifs is 2. The molecule has 3 aliphatic carbocycles. The van der Waals surface area contributed by atoms with Gasteiger partial charge in [0.2, 0.25) is 0 Å². The van der Waals surface area contributed by atoms with Crippen molar-refractivity contribution < 1.29 is 4.79 Å². The van der Waals surface area contributed by atoms with Crippen molar-refractivity contribution in [2.45, 2.75) is 113 Å². The lowest BCUT2D eigenvalue weighted by atomic mass is 9.52. The van der Waals surface area contributed by atoms with Crippen LogP contribution in [0.25, 0.3) is 0 Å². The third-order valence-corrected chi connectivity index (χ3v) is 9.61. The molecule has 0 aromatic carbocycles. The molecule has 0 aromatic heterocycles. The molecule has 1 heteroatoms. The standard InChI is InChI=1S/C28H46O/c1-19(2)9-8-10-20(3)24-13-14-25-23-12-11-21(4)27(6,17-15-22(5)29)26(23)16-18-28(24,25)7/h9,20-21,24-25H,8,10-18H2,1-7H3. The molecule has 1 nitrogen and oxygen atoms in total. The zero-order valence-electron chi connectivity index (χ0n) is 20.4. The molecule has 0 bridgehead atoms. The summed E-state index contributed by atoms with van der Waals surface area (Å²) in [6, 6.07) is 0. The maximum absolute atomic E-state index is 11.8. The van der Waals surface area contributed by atoms with Gasteiger partial charge in [0.15, 0.2) is 0 Å². The van der Waals surface area contributed by atoms with Crippen LogP contribution in [-0.4, -0.2) is 5.78 Å². The van der Waals surface area contributed by atoms with Crippen LogP contribution < -0.4 is 0 Å². The van der Waals surface area contributed by atoms with E-state index in [9.17, 15) is 4.79 Å². The summed E-state index contributed by atoms with van der Waals surface area (Å²) >= 11 is 0. The summed E-state index contributed by atoms with van der Waals surface area (Å²) in [5.74, 6) is 3.60. The maximum atomic E-state index is 11.8. The minimum absolute atomic E-state index is 0.258. The molecular weight excluding hydrogens is 352 g/mol. The average Bonchev–Trinajstić information content (AvgIpc) is 3.00. The molecule has 1 fully saturated rings. The van der Waals surface area contributed by atoms with Gasteiger partial charge in [-0.25, -0.2) is 0 Å². The Balaban J connectivity index is 1.82. The largest absolute Gasteiger partial charge is 0.300 e. The maximum Gasteiger partial charge on any atom is 0.129 e. The van der Waals surface area contributed by atoms with E-state index in [0.717, 1.165) is 30.6 Å². The van der Waals surface area contributed by atoms with Crippen LogP contribution in [0.2, 0.25) is 0 Å². The second kappa shape index (κ2) is 8.72. The zero-order chi connectivity index (χ0) is 21.4. The lowest BCUT2D eigenvalue weighted by Crippen LogP contribution is -2.42. The van der Waals surface area contributed by atoms with Crippen molar-refractivity contribution in [3.8, 4) is 0 Å². The van der Waals surface area contributed by atoms with Gasteiger partial charge >= 0.3 is 0 Å². The number of rotatable bonds is 7. The van der Waals surface area contributed by atoms with Gasteiger partial charge in [-0.1, -0.05) is 50.5 Å². The molecule has 0 saturated heterocycles. The highest BCUT2D eigenvalue weighted by Gasteiger charge is 2.54. The molecule has 0 heterocycles. The Labute approximate surface area is 180 Å². The third kappa shape index (κ3) is 4.31. The Morgan fingerprint density at radius 2 is 1.86 bits per heavy atom. The first-order chi connectivity index (χ1) is 13.6. The smallest absolute Gasteiger partial charge is 0.129 e. The van der Waals surface area contributed by atoms with Gasteiger partial charge in [0.1, 0.15) is 5.78 Å². The molecule has 164 valence electrons. The molecular formula is C28H46O. The Bertz CT molecular complexity index is 678. The molecule has 0 spiro atoms. The molecule has 29 heavy (non-hydrogen) atoms. The summed E-state index contributed by atoms with van der Waals surface area (Å²) in [4.78, 5) is 11.8. The summed E-state index contributed by atoms with van der Waals surface area (Å²) in [7, 11) is 0. The van der Waals surface area contributed by atoms with E-state index in [2.05, 4.69) is 47.6 Å². The van der Waals surface area contributed by atoms with E-state index in [4.69, 9.17) is 0 Å². The fraction of sp³-hybridized carbons (Fsp3) is 0.821. The van der Waals surface area contributed by atoms with E-state index < -0.39 is 0 Å². The van der Waals surface area contributed by atoms with Crippen LogP contribution in [-0.2, 0) is 4.79 Å². The van der Waals surface area contributed by atoms with E-state index >= 15 is 0 Å². The van der Waals surface area contributed by atoms with Crippen LogP contribution in [0.4, 0.5) is 0 Å². The highest BCUT2D eigenvalue weighted by molar-refractivity contribution is 5.75. The number of hydrogen-bond donors (Lipinski definition) is 0. The third-order valence-electron chi connectivity index (χ3n) is 9.61. The van der Waals surface area contributed by atoms with Gasteiger partial charge in [0.05, 0.1) is 0 Å². The predicted molar refractivity (Wildman–Crippen MR) is 125 cm³/mol. The number of hydrogen-bond acceptors (Lipinski definition) is 1. The van der Waals surface area contributed by atoms with Gasteiger partial charge in [0.25, 0.3) is 0 Å². The summed E-state index contributed by atoms with van der Waals surface area (Å²) < 4.78 is 0. The van der Waals surface area contributed by atoms with Crippen molar-refractivity contribution in [3.05, 3.63) is 22.8 Å². The number of carbonyl (C=O) groups is 1. The van der Waals surface area contributed by atoms with Gasteiger partial charge in [0, 0.05) is 6.42 Å². The first-order valence-corrected chi connectivity index (χ1v) is 12.4. The zero-order valence-corrected chi connectivity index (χ0v) is 20.4. The lowest BCUT2D eigenvalue weighted by molar-refractivity contribution is -0.117. The molecule has 0 N–H and O–H groups in total. The van der Waals surface area contributed by atoms with Crippen LogP contribution >= 0.6 is 0 Å². The first-order valence-electron chi connectivity index (χ1n) is 12.4. The van der Waals surface area contributed by atoms with E-state index in [1.165, 1.54) is 56.9 Å². The Morgan fingerprint density at radius 3 is 2.52 bits per heavy atom. The van der Waals surface area contributed by atoms with Gasteiger partial charge in [-0.15, -0.1) is 0 Å². The minimum Gasteiger partial charge on any atom is -0.300 e. The van der Waals surface area contributed by atoms with E-state index in [1.54, 1.807) is 12.5 Å². The van der Waals surface area contributed by atoms with Crippen LogP contribution in [0.1, 0.15) is 113 Å². The van der Waals surface area contributed by atoms with Crippen LogP contribution in [0, 0.1) is 34.5 Å². The number of Topliss-reactive ketones (excluding diaryl/α,β-unsaturated/α-hetero) is 1. The summed E-state index contributed by atoms with van der Waals surface area (Å²) in [6.07, 6.45) is 15.0. The monoisotopic (exact) mass is 398 g/mol. The van der Waals surface area contributed by atoms with Gasteiger partial charge in [-0.3, -0.25) is 0 Å². The number of ketones is 1. The van der Waals surface area contributed by atoms with Crippen LogP contribution in [0.5, 0.6) is 0 Å². The molecule has 1 saturated carbocycles. The first kappa shape index (κ1) is 22.8. The van der Waals surface area contributed by atoms with Crippen molar-refractivity contribution >= 4 is 5.78 Å². The quantitative estimate of drug-likeness (QED) is 0.394. The molecule has 6 atom stereocenters. The Hall–Kier alpha value is -0.850. The summed E-state index contributed by atoms with van der Waals surface area (Å²) in [6.45, 7) is 16.3. The fourth-order valence-electron chi connectivity index (χ4n) is 7.53. The second-order valence-electron chi connectivity index (χ2n) is 11.6. The lowest BCUT2D eigenvalue weighted by Gasteiger charge is -2.52. The molecule has 0 radical (unpaired) electrons. The fourth-order valence-corrected chi connectivity index (χ4v) is 7.53. The summed E-state index contributed by atoms with van der Waals surface area (Å²) in [5.41, 5.74) is 5.86. The topological polar surface area (TPSA) is 17.1 Å². The van der Waals surface area contributed by atoms with E-state index in [-0.39, 0.29) is 5.41 Å². The van der Waals surface area contributed by atoms with Crippen molar-refractivity contribution in [2.75, 3.05) is 0 Å². The SMILES string of the molecule is CC(=O)CCC1(C)C2=C(CCC1C)C1CCC(C(C)CCC=C(C)C)C1(C)CC2. The number of allylic oxidation sites excluding steroid dienone is 4. The highest BCUT2D eigenvalue weighted by atomic mass is 16.1. The molecule has 3 aliphatic rings. The van der Waals surface area contributed by atoms with Gasteiger partial charge in [-0.2, -0.15) is 0 Å². The van der Waals surface area contributed by atoms with Crippen molar-refractivity contribution in [3.63, 3.8) is 0 Å². The molecule has 0 aromatic rings. The van der Waals surface area contributed by atoms with E-state index in [0.29, 0.717) is 17.1 Å². The Kier molecular flexibility index (Phi) is 6.86. The van der Waals surface area contributed by atoms with Crippen LogP contribution in [0.3, 0.4) is 0 Å².